The van der Waals surface area contributed by atoms with Gasteiger partial charge in [0.1, 0.15) is 28.6 Å². The zero-order valence-electron chi connectivity index (χ0n) is 11.9. The predicted octanol–water partition coefficient (Wildman–Crippen LogP) is 2.53. The number of ketones is 1. The molecule has 22 heavy (non-hydrogen) atoms. The Bertz CT molecular complexity index is 661. The van der Waals surface area contributed by atoms with E-state index in [1.165, 1.54) is 13.2 Å². The summed E-state index contributed by atoms with van der Waals surface area (Å²) >= 11 is 0. The van der Waals surface area contributed by atoms with Crippen molar-refractivity contribution in [2.24, 2.45) is 5.92 Å². The third-order valence-electron chi connectivity index (χ3n) is 3.25. The van der Waals surface area contributed by atoms with E-state index < -0.39 is 17.3 Å². The van der Waals surface area contributed by atoms with Crippen LogP contribution in [-0.4, -0.2) is 33.3 Å². The summed E-state index contributed by atoms with van der Waals surface area (Å²) in [7, 11) is 1.45. The van der Waals surface area contributed by atoms with Gasteiger partial charge in [0.05, 0.1) is 7.11 Å². The van der Waals surface area contributed by atoms with Gasteiger partial charge in [-0.25, -0.2) is 0 Å². The van der Waals surface area contributed by atoms with Crippen LogP contribution in [0.15, 0.2) is 48.0 Å². The van der Waals surface area contributed by atoms with Gasteiger partial charge >= 0.3 is 0 Å². The zero-order chi connectivity index (χ0) is 16.3. The van der Waals surface area contributed by atoms with Crippen molar-refractivity contribution >= 4 is 5.78 Å². The van der Waals surface area contributed by atoms with E-state index in [2.05, 4.69) is 0 Å². The van der Waals surface area contributed by atoms with Crippen LogP contribution in [-0.2, 0) is 4.74 Å². The molecule has 0 heterocycles. The molecule has 0 bridgehead atoms. The molecule has 1 aromatic rings. The van der Waals surface area contributed by atoms with Crippen LogP contribution in [0.4, 0.5) is 0 Å². The van der Waals surface area contributed by atoms with E-state index in [9.17, 15) is 25.2 Å². The van der Waals surface area contributed by atoms with Crippen LogP contribution in [0.2, 0.25) is 0 Å². The van der Waals surface area contributed by atoms with Gasteiger partial charge in [-0.1, -0.05) is 12.2 Å². The number of aliphatic hydroxyl groups is 1. The fourth-order valence-corrected chi connectivity index (χ4v) is 2.16. The van der Waals surface area contributed by atoms with E-state index >= 15 is 0 Å². The second-order valence-electron chi connectivity index (χ2n) is 4.82. The average Bonchev–Trinajstić information content (AvgIpc) is 2.44. The highest BCUT2D eigenvalue weighted by Crippen LogP contribution is 2.32. The first-order valence-electron chi connectivity index (χ1n) is 6.54. The number of carbonyl (C=O) groups is 1. The molecular weight excluding hydrogens is 288 g/mol. The maximum atomic E-state index is 12.0. The summed E-state index contributed by atoms with van der Waals surface area (Å²) in [6, 6.07) is 1.95. The first-order chi connectivity index (χ1) is 10.4. The van der Waals surface area contributed by atoms with Gasteiger partial charge in [0.15, 0.2) is 11.5 Å². The summed E-state index contributed by atoms with van der Waals surface area (Å²) in [5.41, 5.74) is -0.286. The SMILES string of the molecule is COC1=C(O)CC(C=CC(=O)c2c(O)cc(O)cc2O)C=C1. The minimum Gasteiger partial charge on any atom is -0.508 e. The Morgan fingerprint density at radius 2 is 1.86 bits per heavy atom. The molecule has 0 fully saturated rings. The van der Waals surface area contributed by atoms with Crippen LogP contribution in [0, 0.1) is 5.92 Å². The van der Waals surface area contributed by atoms with E-state index in [0.29, 0.717) is 5.76 Å². The molecule has 0 spiro atoms. The smallest absolute Gasteiger partial charge is 0.193 e. The zero-order valence-corrected chi connectivity index (χ0v) is 11.9. The third-order valence-corrected chi connectivity index (χ3v) is 3.25. The maximum Gasteiger partial charge on any atom is 0.193 e. The molecule has 0 amide bonds. The van der Waals surface area contributed by atoms with E-state index in [4.69, 9.17) is 4.74 Å². The maximum absolute atomic E-state index is 12.0. The standard InChI is InChI=1S/C16H16O6/c1-22-15-5-3-9(6-12(15)19)2-4-11(18)16-13(20)7-10(17)8-14(16)21/h2-5,7-9,17,19-21H,6H2,1H3. The van der Waals surface area contributed by atoms with E-state index in [1.807, 2.05) is 0 Å². The number of phenolic OH excluding ortho intramolecular Hbond substituents is 3. The molecule has 1 unspecified atom stereocenters. The van der Waals surface area contributed by atoms with E-state index in [1.54, 1.807) is 18.2 Å². The fraction of sp³-hybridized carbons (Fsp3) is 0.188. The Balaban J connectivity index is 2.14. The molecule has 0 radical (unpaired) electrons. The number of allylic oxidation sites excluding steroid dienone is 5. The second-order valence-corrected chi connectivity index (χ2v) is 4.82. The van der Waals surface area contributed by atoms with E-state index in [0.717, 1.165) is 12.1 Å². The lowest BCUT2D eigenvalue weighted by Gasteiger charge is -2.15. The van der Waals surface area contributed by atoms with Crippen molar-refractivity contribution in [1.82, 2.24) is 0 Å². The number of aromatic hydroxyl groups is 3. The lowest BCUT2D eigenvalue weighted by atomic mass is 9.97. The largest absolute Gasteiger partial charge is 0.508 e. The summed E-state index contributed by atoms with van der Waals surface area (Å²) in [4.78, 5) is 12.0. The van der Waals surface area contributed by atoms with Gasteiger partial charge < -0.3 is 25.2 Å². The topological polar surface area (TPSA) is 107 Å². The number of hydrogen-bond donors (Lipinski definition) is 4. The minimum atomic E-state index is -0.607. The second kappa shape index (κ2) is 6.26. The molecule has 4 N–H and O–H groups in total. The highest BCUT2D eigenvalue weighted by molar-refractivity contribution is 6.08. The number of phenols is 3. The molecule has 0 aromatic heterocycles. The van der Waals surface area contributed by atoms with Gasteiger partial charge in [-0.05, 0) is 12.2 Å². The average molecular weight is 304 g/mol. The first-order valence-corrected chi connectivity index (χ1v) is 6.54. The van der Waals surface area contributed by atoms with Gasteiger partial charge in [0, 0.05) is 24.5 Å². The number of hydrogen-bond acceptors (Lipinski definition) is 6. The minimum absolute atomic E-state index is 0.0856. The number of aliphatic hydroxyl groups excluding tert-OH is 1. The first kappa shape index (κ1) is 15.5. The summed E-state index contributed by atoms with van der Waals surface area (Å²) < 4.78 is 4.95. The summed E-state index contributed by atoms with van der Waals surface area (Å²) in [5.74, 6) is -1.69. The van der Waals surface area contributed by atoms with Gasteiger partial charge in [-0.2, -0.15) is 0 Å². The van der Waals surface area contributed by atoms with Crippen LogP contribution in [0.3, 0.4) is 0 Å². The van der Waals surface area contributed by atoms with E-state index in [-0.39, 0.29) is 29.4 Å². The molecular formula is C16H16O6. The lowest BCUT2D eigenvalue weighted by molar-refractivity contribution is 0.104. The molecule has 116 valence electrons. The quantitative estimate of drug-likeness (QED) is 0.503. The van der Waals surface area contributed by atoms with Gasteiger partial charge in [0.25, 0.3) is 0 Å². The molecule has 1 aromatic carbocycles. The Hall–Kier alpha value is -2.89. The van der Waals surface area contributed by atoms with Crippen molar-refractivity contribution < 1.29 is 30.0 Å². The fourth-order valence-electron chi connectivity index (χ4n) is 2.16. The summed E-state index contributed by atoms with van der Waals surface area (Å²) in [6.45, 7) is 0. The monoisotopic (exact) mass is 304 g/mol. The molecule has 6 heteroatoms. The number of carbonyl (C=O) groups excluding carboxylic acids is 1. The predicted molar refractivity (Wildman–Crippen MR) is 78.8 cm³/mol. The molecule has 0 saturated carbocycles. The molecule has 2 rings (SSSR count). The van der Waals surface area contributed by atoms with Gasteiger partial charge in [-0.3, -0.25) is 4.79 Å². The van der Waals surface area contributed by atoms with Crippen LogP contribution in [0.5, 0.6) is 17.2 Å². The number of rotatable bonds is 4. The Kier molecular flexibility index (Phi) is 4.41. The van der Waals surface area contributed by atoms with Crippen LogP contribution in [0.25, 0.3) is 0 Å². The van der Waals surface area contributed by atoms with Crippen molar-refractivity contribution in [1.29, 1.82) is 0 Å². The molecule has 1 aliphatic carbocycles. The highest BCUT2D eigenvalue weighted by Gasteiger charge is 2.17. The summed E-state index contributed by atoms with van der Waals surface area (Å²) in [5, 5.41) is 38.2. The third kappa shape index (κ3) is 3.22. The highest BCUT2D eigenvalue weighted by atomic mass is 16.5. The van der Waals surface area contributed by atoms with Crippen molar-refractivity contribution in [3.63, 3.8) is 0 Å². The van der Waals surface area contributed by atoms with Gasteiger partial charge in [0.2, 0.25) is 0 Å². The van der Waals surface area contributed by atoms with Crippen molar-refractivity contribution in [3.8, 4) is 17.2 Å². The molecule has 0 aliphatic heterocycles. The van der Waals surface area contributed by atoms with Gasteiger partial charge in [-0.15, -0.1) is 0 Å². The molecule has 1 atom stereocenters. The van der Waals surface area contributed by atoms with Crippen LogP contribution >= 0.6 is 0 Å². The molecule has 6 nitrogen and oxygen atoms in total. The Labute approximate surface area is 126 Å². The van der Waals surface area contributed by atoms with Crippen LogP contribution < -0.4 is 0 Å². The van der Waals surface area contributed by atoms with Crippen molar-refractivity contribution in [3.05, 3.63) is 53.5 Å². The summed E-state index contributed by atoms with van der Waals surface area (Å²) in [6.07, 6.45) is 6.41. The van der Waals surface area contributed by atoms with Crippen molar-refractivity contribution in [2.45, 2.75) is 6.42 Å². The number of methoxy groups -OCH3 is 1. The van der Waals surface area contributed by atoms with Crippen LogP contribution in [0.1, 0.15) is 16.8 Å². The molecule has 0 saturated heterocycles. The lowest BCUT2D eigenvalue weighted by Crippen LogP contribution is -2.05. The number of ether oxygens (including phenoxy) is 1. The molecule has 1 aliphatic rings. The Morgan fingerprint density at radius 1 is 1.23 bits per heavy atom. The van der Waals surface area contributed by atoms with Crippen molar-refractivity contribution in [2.75, 3.05) is 7.11 Å². The Morgan fingerprint density at radius 3 is 2.41 bits per heavy atom. The normalized spacial score (nSPS) is 18.0. The number of benzene rings is 1.